The van der Waals surface area contributed by atoms with Gasteiger partial charge in [0.05, 0.1) is 12.5 Å². The molecule has 0 spiro atoms. The lowest BCUT2D eigenvalue weighted by Gasteiger charge is -2.37. The molecule has 1 aliphatic rings. The van der Waals surface area contributed by atoms with Crippen molar-refractivity contribution in [3.8, 4) is 0 Å². The molecule has 1 aliphatic heterocycles. The Bertz CT molecular complexity index is 578. The maximum absolute atomic E-state index is 13.7. The number of nitrogens with zero attached hydrogens (tertiary/aromatic N) is 3. The molecule has 120 valence electrons. The number of piperidine rings is 1. The summed E-state index contributed by atoms with van der Waals surface area (Å²) in [4.78, 5) is 21.8. The number of carbonyl (C=O) groups excluding carboxylic acids is 1. The fraction of sp³-hybridized carbons (Fsp3) is 0.533. The number of halogens is 2. The van der Waals surface area contributed by atoms with Gasteiger partial charge >= 0.3 is 5.97 Å². The van der Waals surface area contributed by atoms with E-state index in [4.69, 9.17) is 4.74 Å². The topological polar surface area (TPSA) is 55.3 Å². The number of alkyl halides is 2. The number of rotatable bonds is 4. The maximum atomic E-state index is 13.7. The molecule has 0 aliphatic carbocycles. The molecule has 1 aromatic rings. The van der Waals surface area contributed by atoms with Gasteiger partial charge in [0.15, 0.2) is 5.69 Å². The molecule has 0 saturated carbocycles. The Morgan fingerprint density at radius 3 is 2.95 bits per heavy atom. The average Bonchev–Trinajstić information content (AvgIpc) is 2.46. The summed E-state index contributed by atoms with van der Waals surface area (Å²) in [5.41, 5.74) is 0.720. The number of hydrogen-bond donors (Lipinski definition) is 0. The number of aryl methyl sites for hydroxylation is 1. The van der Waals surface area contributed by atoms with Crippen molar-refractivity contribution in [3.63, 3.8) is 0 Å². The Kier molecular flexibility index (Phi) is 4.73. The van der Waals surface area contributed by atoms with Gasteiger partial charge in [-0.05, 0) is 19.9 Å². The van der Waals surface area contributed by atoms with Crippen LogP contribution in [0.1, 0.15) is 29.5 Å². The van der Waals surface area contributed by atoms with Crippen molar-refractivity contribution in [2.24, 2.45) is 5.92 Å². The predicted molar refractivity (Wildman–Crippen MR) is 78.2 cm³/mol. The van der Waals surface area contributed by atoms with E-state index < -0.39 is 17.8 Å². The van der Waals surface area contributed by atoms with Crippen LogP contribution < -0.4 is 4.90 Å². The SMILES string of the molecule is C=CC1CN(c2nc(C)cc(C(=O)OCC)n2)CCC1(F)F. The summed E-state index contributed by atoms with van der Waals surface area (Å²) < 4.78 is 32.4. The van der Waals surface area contributed by atoms with Crippen LogP contribution in [0.5, 0.6) is 0 Å². The Morgan fingerprint density at radius 1 is 1.59 bits per heavy atom. The molecule has 0 radical (unpaired) electrons. The molecule has 5 nitrogen and oxygen atoms in total. The van der Waals surface area contributed by atoms with E-state index in [0.29, 0.717) is 5.69 Å². The van der Waals surface area contributed by atoms with Crippen molar-refractivity contribution in [2.45, 2.75) is 26.2 Å². The number of esters is 1. The third kappa shape index (κ3) is 3.40. The fourth-order valence-corrected chi connectivity index (χ4v) is 2.36. The highest BCUT2D eigenvalue weighted by Gasteiger charge is 2.43. The second-order valence-corrected chi connectivity index (χ2v) is 5.21. The van der Waals surface area contributed by atoms with Gasteiger partial charge in [-0.1, -0.05) is 6.08 Å². The van der Waals surface area contributed by atoms with E-state index in [2.05, 4.69) is 16.5 Å². The fourth-order valence-electron chi connectivity index (χ4n) is 2.36. The Labute approximate surface area is 128 Å². The molecule has 0 amide bonds. The van der Waals surface area contributed by atoms with Crippen LogP contribution in [0.2, 0.25) is 0 Å². The zero-order valence-electron chi connectivity index (χ0n) is 12.7. The number of carbonyl (C=O) groups is 1. The molecule has 0 aromatic carbocycles. The van der Waals surface area contributed by atoms with Crippen molar-refractivity contribution in [2.75, 3.05) is 24.6 Å². The third-order valence-electron chi connectivity index (χ3n) is 3.57. The molecule has 7 heteroatoms. The van der Waals surface area contributed by atoms with Gasteiger partial charge < -0.3 is 9.64 Å². The number of hydrogen-bond acceptors (Lipinski definition) is 5. The Balaban J connectivity index is 2.25. The quantitative estimate of drug-likeness (QED) is 0.632. The molecular weight excluding hydrogens is 292 g/mol. The highest BCUT2D eigenvalue weighted by atomic mass is 19.3. The summed E-state index contributed by atoms with van der Waals surface area (Å²) in [6.07, 6.45) is 0.962. The first-order valence-electron chi connectivity index (χ1n) is 7.15. The standard InChI is InChI=1S/C15H19F2N3O2/c1-4-11-9-20(7-6-15(11,16)17)14-18-10(3)8-12(19-14)13(21)22-5-2/h4,8,11H,1,5-7,9H2,2-3H3. The second-order valence-electron chi connectivity index (χ2n) is 5.21. The zero-order valence-corrected chi connectivity index (χ0v) is 12.7. The highest BCUT2D eigenvalue weighted by molar-refractivity contribution is 5.87. The van der Waals surface area contributed by atoms with Crippen LogP contribution in [-0.4, -0.2) is 41.6 Å². The van der Waals surface area contributed by atoms with E-state index in [9.17, 15) is 13.6 Å². The van der Waals surface area contributed by atoms with Crippen LogP contribution in [0.25, 0.3) is 0 Å². The normalized spacial score (nSPS) is 20.5. The molecule has 0 bridgehead atoms. The first-order valence-corrected chi connectivity index (χ1v) is 7.15. The molecule has 22 heavy (non-hydrogen) atoms. The lowest BCUT2D eigenvalue weighted by atomic mass is 9.94. The summed E-state index contributed by atoms with van der Waals surface area (Å²) in [6, 6.07) is 1.52. The smallest absolute Gasteiger partial charge is 0.357 e. The van der Waals surface area contributed by atoms with Crippen molar-refractivity contribution < 1.29 is 18.3 Å². The van der Waals surface area contributed by atoms with Gasteiger partial charge in [0, 0.05) is 25.2 Å². The molecule has 1 atom stereocenters. The van der Waals surface area contributed by atoms with Crippen LogP contribution in [0.3, 0.4) is 0 Å². The summed E-state index contributed by atoms with van der Waals surface area (Å²) in [7, 11) is 0. The van der Waals surface area contributed by atoms with Crippen LogP contribution in [0, 0.1) is 12.8 Å². The van der Waals surface area contributed by atoms with E-state index in [1.165, 1.54) is 12.1 Å². The third-order valence-corrected chi connectivity index (χ3v) is 3.57. The number of anilines is 1. The molecule has 0 N–H and O–H groups in total. The zero-order chi connectivity index (χ0) is 16.3. The van der Waals surface area contributed by atoms with E-state index >= 15 is 0 Å². The van der Waals surface area contributed by atoms with Crippen LogP contribution in [-0.2, 0) is 4.74 Å². The summed E-state index contributed by atoms with van der Waals surface area (Å²) in [6.45, 7) is 7.34. The highest BCUT2D eigenvalue weighted by Crippen LogP contribution is 2.35. The first kappa shape index (κ1) is 16.3. The molecule has 1 aromatic heterocycles. The van der Waals surface area contributed by atoms with Gasteiger partial charge in [0.25, 0.3) is 5.92 Å². The van der Waals surface area contributed by atoms with E-state index in [1.54, 1.807) is 18.7 Å². The predicted octanol–water partition coefficient (Wildman–Crippen LogP) is 2.61. The van der Waals surface area contributed by atoms with Gasteiger partial charge in [-0.15, -0.1) is 6.58 Å². The van der Waals surface area contributed by atoms with Crippen molar-refractivity contribution in [3.05, 3.63) is 30.1 Å². The van der Waals surface area contributed by atoms with Gasteiger partial charge in [-0.25, -0.2) is 23.5 Å². The summed E-state index contributed by atoms with van der Waals surface area (Å²) in [5, 5.41) is 0. The van der Waals surface area contributed by atoms with Gasteiger partial charge in [-0.3, -0.25) is 0 Å². The molecule has 2 heterocycles. The molecule has 1 unspecified atom stereocenters. The van der Waals surface area contributed by atoms with Crippen molar-refractivity contribution >= 4 is 11.9 Å². The minimum Gasteiger partial charge on any atom is -0.461 e. The van der Waals surface area contributed by atoms with Gasteiger partial charge in [-0.2, -0.15) is 0 Å². The second kappa shape index (κ2) is 6.37. The van der Waals surface area contributed by atoms with E-state index in [-0.39, 0.29) is 37.8 Å². The van der Waals surface area contributed by atoms with Crippen LogP contribution in [0.15, 0.2) is 18.7 Å². The van der Waals surface area contributed by atoms with Crippen LogP contribution >= 0.6 is 0 Å². The lowest BCUT2D eigenvalue weighted by Crippen LogP contribution is -2.47. The number of ether oxygens (including phenoxy) is 1. The van der Waals surface area contributed by atoms with E-state index in [0.717, 1.165) is 0 Å². The number of aromatic nitrogens is 2. The van der Waals surface area contributed by atoms with Crippen molar-refractivity contribution in [1.82, 2.24) is 9.97 Å². The minimum absolute atomic E-state index is 0.0716. The Morgan fingerprint density at radius 2 is 2.32 bits per heavy atom. The van der Waals surface area contributed by atoms with E-state index in [1.807, 2.05) is 0 Å². The average molecular weight is 311 g/mol. The minimum atomic E-state index is -2.77. The first-order chi connectivity index (χ1) is 10.4. The Hall–Kier alpha value is -2.05. The lowest BCUT2D eigenvalue weighted by molar-refractivity contribution is -0.0546. The van der Waals surface area contributed by atoms with Crippen molar-refractivity contribution in [1.29, 1.82) is 0 Å². The molecular formula is C15H19F2N3O2. The largest absolute Gasteiger partial charge is 0.461 e. The van der Waals surface area contributed by atoms with Gasteiger partial charge in [0.1, 0.15) is 0 Å². The summed E-state index contributed by atoms with van der Waals surface area (Å²) in [5.74, 6) is -4.01. The monoisotopic (exact) mass is 311 g/mol. The summed E-state index contributed by atoms with van der Waals surface area (Å²) >= 11 is 0. The maximum Gasteiger partial charge on any atom is 0.357 e. The molecule has 1 fully saturated rings. The van der Waals surface area contributed by atoms with Gasteiger partial charge in [0.2, 0.25) is 5.95 Å². The molecule has 2 rings (SSSR count). The molecule has 1 saturated heterocycles. The van der Waals surface area contributed by atoms with Crippen LogP contribution in [0.4, 0.5) is 14.7 Å².